The molecule has 0 atom stereocenters. The summed E-state index contributed by atoms with van der Waals surface area (Å²) in [7, 11) is -2.15. The number of ether oxygens (including phenoxy) is 1. The van der Waals surface area contributed by atoms with Crippen LogP contribution in [0.15, 0.2) is 54.6 Å². The van der Waals surface area contributed by atoms with Gasteiger partial charge < -0.3 is 13.6 Å². The van der Waals surface area contributed by atoms with Crippen LogP contribution in [0.5, 0.6) is 11.5 Å². The normalized spacial score (nSPS) is 11.6. The summed E-state index contributed by atoms with van der Waals surface area (Å²) in [4.78, 5) is 0. The van der Waals surface area contributed by atoms with Crippen LogP contribution in [0.2, 0.25) is 12.1 Å². The van der Waals surface area contributed by atoms with Crippen LogP contribution < -0.4 is 4.74 Å². The van der Waals surface area contributed by atoms with Crippen LogP contribution in [0.4, 0.5) is 0 Å². The van der Waals surface area contributed by atoms with Gasteiger partial charge in [-0.2, -0.15) is 0 Å². The minimum atomic E-state index is -2.15. The highest BCUT2D eigenvalue weighted by molar-refractivity contribution is 6.67. The lowest BCUT2D eigenvalue weighted by atomic mass is 10.1. The van der Waals surface area contributed by atoms with Crippen molar-refractivity contribution in [3.05, 3.63) is 60.2 Å². The van der Waals surface area contributed by atoms with Gasteiger partial charge in [-0.15, -0.1) is 0 Å². The summed E-state index contributed by atoms with van der Waals surface area (Å²) in [5.41, 5.74) is 1.13. The van der Waals surface area contributed by atoms with Gasteiger partial charge in [-0.3, -0.25) is 0 Å². The molecule has 4 heteroatoms. The van der Waals surface area contributed by atoms with Crippen molar-refractivity contribution < 1.29 is 13.6 Å². The van der Waals surface area contributed by atoms with E-state index in [4.69, 9.17) is 13.6 Å². The van der Waals surface area contributed by atoms with Crippen LogP contribution in [-0.4, -0.2) is 15.2 Å². The van der Waals surface area contributed by atoms with Gasteiger partial charge in [0.15, 0.2) is 0 Å². The average Bonchev–Trinajstić information content (AvgIpc) is 2.83. The van der Waals surface area contributed by atoms with Crippen LogP contribution in [-0.2, 0) is 15.5 Å². The van der Waals surface area contributed by atoms with E-state index in [0.29, 0.717) is 6.61 Å². The van der Waals surface area contributed by atoms with Crippen molar-refractivity contribution in [1.82, 2.24) is 0 Å². The highest BCUT2D eigenvalue weighted by atomic mass is 28.4. The summed E-state index contributed by atoms with van der Waals surface area (Å²) in [6.45, 7) is 8.11. The SMILES string of the molecule is CCCCCCCCCCCO[Si](CC)(CC)OCc1cccc(Oc2ccccc2)c1. The Bertz CT molecular complexity index is 716. The van der Waals surface area contributed by atoms with Gasteiger partial charge in [0, 0.05) is 6.61 Å². The molecule has 0 N–H and O–H groups in total. The van der Waals surface area contributed by atoms with Crippen molar-refractivity contribution in [1.29, 1.82) is 0 Å². The van der Waals surface area contributed by atoms with E-state index in [9.17, 15) is 0 Å². The Morgan fingerprint density at radius 3 is 1.91 bits per heavy atom. The molecule has 0 aliphatic rings. The Hall–Kier alpha value is -1.62. The largest absolute Gasteiger partial charge is 0.457 e. The Kier molecular flexibility index (Phi) is 13.4. The lowest BCUT2D eigenvalue weighted by Crippen LogP contribution is -2.40. The molecule has 2 aromatic carbocycles. The van der Waals surface area contributed by atoms with E-state index in [0.717, 1.165) is 42.2 Å². The monoisotopic (exact) mass is 456 g/mol. The van der Waals surface area contributed by atoms with Crippen molar-refractivity contribution in [2.24, 2.45) is 0 Å². The molecule has 2 aromatic rings. The predicted molar refractivity (Wildman–Crippen MR) is 138 cm³/mol. The second-order valence-corrected chi connectivity index (χ2v) is 12.5. The van der Waals surface area contributed by atoms with Gasteiger partial charge in [-0.1, -0.05) is 102 Å². The molecule has 0 amide bonds. The van der Waals surface area contributed by atoms with Gasteiger partial charge in [0.1, 0.15) is 11.5 Å². The average molecular weight is 457 g/mol. The molecule has 178 valence electrons. The Balaban J connectivity index is 1.72. The van der Waals surface area contributed by atoms with Crippen LogP contribution in [0.1, 0.15) is 84.1 Å². The van der Waals surface area contributed by atoms with E-state index in [1.54, 1.807) is 0 Å². The van der Waals surface area contributed by atoms with Crippen LogP contribution in [0, 0.1) is 0 Å². The molecule has 0 radical (unpaired) electrons. The summed E-state index contributed by atoms with van der Waals surface area (Å²) in [5.74, 6) is 1.69. The number of unbranched alkanes of at least 4 members (excludes halogenated alkanes) is 8. The fraction of sp³-hybridized carbons (Fsp3) is 0.571. The molecule has 32 heavy (non-hydrogen) atoms. The van der Waals surface area contributed by atoms with Crippen molar-refractivity contribution in [2.45, 2.75) is 97.3 Å². The van der Waals surface area contributed by atoms with Gasteiger partial charge in [0.25, 0.3) is 0 Å². The fourth-order valence-electron chi connectivity index (χ4n) is 3.91. The molecule has 0 saturated carbocycles. The van der Waals surface area contributed by atoms with Gasteiger partial charge >= 0.3 is 8.56 Å². The molecule has 0 aromatic heterocycles. The molecule has 0 aliphatic carbocycles. The zero-order chi connectivity index (χ0) is 22.9. The highest BCUT2D eigenvalue weighted by Gasteiger charge is 2.33. The lowest BCUT2D eigenvalue weighted by molar-refractivity contribution is 0.158. The summed E-state index contributed by atoms with van der Waals surface area (Å²) in [6.07, 6.45) is 12.0. The van der Waals surface area contributed by atoms with E-state index in [2.05, 4.69) is 32.9 Å². The second-order valence-electron chi connectivity index (χ2n) is 8.65. The van der Waals surface area contributed by atoms with E-state index < -0.39 is 8.56 Å². The van der Waals surface area contributed by atoms with E-state index in [-0.39, 0.29) is 0 Å². The van der Waals surface area contributed by atoms with Crippen molar-refractivity contribution >= 4 is 8.56 Å². The quantitative estimate of drug-likeness (QED) is 0.165. The van der Waals surface area contributed by atoms with Gasteiger partial charge in [-0.25, -0.2) is 0 Å². The molecule has 0 spiro atoms. The molecule has 0 aliphatic heterocycles. The Morgan fingerprint density at radius 2 is 1.25 bits per heavy atom. The van der Waals surface area contributed by atoms with Gasteiger partial charge in [0.05, 0.1) is 6.61 Å². The minimum Gasteiger partial charge on any atom is -0.457 e. The molecule has 0 bridgehead atoms. The molecule has 0 saturated heterocycles. The zero-order valence-electron chi connectivity index (χ0n) is 20.6. The van der Waals surface area contributed by atoms with Crippen LogP contribution in [0.25, 0.3) is 0 Å². The fourth-order valence-corrected chi connectivity index (χ4v) is 6.25. The Morgan fingerprint density at radius 1 is 0.625 bits per heavy atom. The van der Waals surface area contributed by atoms with Crippen LogP contribution in [0.3, 0.4) is 0 Å². The predicted octanol–water partition coefficient (Wildman–Crippen LogP) is 9.02. The molecule has 0 fully saturated rings. The molecular formula is C28H44O3Si. The third-order valence-corrected chi connectivity index (χ3v) is 9.62. The first kappa shape index (κ1) is 26.6. The maximum Gasteiger partial charge on any atom is 0.337 e. The van der Waals surface area contributed by atoms with Crippen LogP contribution >= 0.6 is 0 Å². The van der Waals surface area contributed by atoms with Crippen molar-refractivity contribution in [2.75, 3.05) is 6.61 Å². The standard InChI is InChI=1S/C28H44O3Si/c1-4-7-8-9-10-11-12-13-17-23-29-32(5-2,6-3)30-25-26-19-18-22-28(24-26)31-27-20-15-14-16-21-27/h14-16,18-22,24H,4-13,17,23,25H2,1-3H3. The zero-order valence-corrected chi connectivity index (χ0v) is 21.6. The third-order valence-electron chi connectivity index (χ3n) is 6.07. The lowest BCUT2D eigenvalue weighted by Gasteiger charge is -2.29. The second kappa shape index (κ2) is 16.1. The molecule has 0 heterocycles. The van der Waals surface area contributed by atoms with Crippen molar-refractivity contribution in [3.63, 3.8) is 0 Å². The molecule has 2 rings (SSSR count). The molecule has 3 nitrogen and oxygen atoms in total. The summed E-state index contributed by atoms with van der Waals surface area (Å²) >= 11 is 0. The number of rotatable bonds is 18. The minimum absolute atomic E-state index is 0.581. The third kappa shape index (κ3) is 10.3. The summed E-state index contributed by atoms with van der Waals surface area (Å²) < 4.78 is 18.9. The van der Waals surface area contributed by atoms with E-state index in [1.165, 1.54) is 51.4 Å². The maximum atomic E-state index is 6.46. The summed E-state index contributed by atoms with van der Waals surface area (Å²) in [6, 6.07) is 20.0. The number of hydrogen-bond acceptors (Lipinski definition) is 3. The first-order valence-electron chi connectivity index (χ1n) is 12.8. The number of hydrogen-bond donors (Lipinski definition) is 0. The first-order chi connectivity index (χ1) is 15.7. The van der Waals surface area contributed by atoms with E-state index >= 15 is 0 Å². The number of para-hydroxylation sites is 1. The van der Waals surface area contributed by atoms with Gasteiger partial charge in [0.2, 0.25) is 0 Å². The van der Waals surface area contributed by atoms with Crippen molar-refractivity contribution in [3.8, 4) is 11.5 Å². The molecular weight excluding hydrogens is 412 g/mol. The number of benzene rings is 2. The molecule has 0 unspecified atom stereocenters. The Labute approximate surface area is 197 Å². The van der Waals surface area contributed by atoms with E-state index in [1.807, 2.05) is 42.5 Å². The topological polar surface area (TPSA) is 27.7 Å². The summed E-state index contributed by atoms with van der Waals surface area (Å²) in [5, 5.41) is 0. The first-order valence-corrected chi connectivity index (χ1v) is 15.0. The highest BCUT2D eigenvalue weighted by Crippen LogP contribution is 2.25. The smallest absolute Gasteiger partial charge is 0.337 e. The van der Waals surface area contributed by atoms with Gasteiger partial charge in [-0.05, 0) is 48.3 Å². The maximum absolute atomic E-state index is 6.46.